The number of hydrogen-bond acceptors (Lipinski definition) is 6. The van der Waals surface area contributed by atoms with E-state index >= 15 is 9.59 Å². The van der Waals surface area contributed by atoms with Gasteiger partial charge in [0.1, 0.15) is 12.2 Å². The Morgan fingerprint density at radius 1 is 0.694 bits per heavy atom. The zero-order valence-corrected chi connectivity index (χ0v) is 35.0. The summed E-state index contributed by atoms with van der Waals surface area (Å²) in [6, 6.07) is 4.49. The Morgan fingerprint density at radius 2 is 1.02 bits per heavy atom. The van der Waals surface area contributed by atoms with Crippen molar-refractivity contribution in [3.05, 3.63) is 34.4 Å². The fraction of sp³-hybridized carbons (Fsp3) is 0.814. The normalized spacial score (nSPS) is 22.2. The summed E-state index contributed by atoms with van der Waals surface area (Å²) in [7, 11) is 4.31. The Balaban J connectivity index is 2.20. The predicted octanol–water partition coefficient (Wildman–Crippen LogP) is 9.70. The highest BCUT2D eigenvalue weighted by atomic mass is 16.6. The zero-order valence-electron chi connectivity index (χ0n) is 35.0. The van der Waals surface area contributed by atoms with Crippen molar-refractivity contribution in [2.75, 3.05) is 14.1 Å². The van der Waals surface area contributed by atoms with Gasteiger partial charge in [0.25, 0.3) is 0 Å². The molecule has 49 heavy (non-hydrogen) atoms. The molecule has 6 nitrogen and oxygen atoms in total. The molecular formula is C43H74N2O4. The molecule has 0 saturated carbocycles. The van der Waals surface area contributed by atoms with Crippen molar-refractivity contribution in [2.24, 2.45) is 5.41 Å². The topological polar surface area (TPSA) is 59.1 Å². The van der Waals surface area contributed by atoms with Gasteiger partial charge >= 0.3 is 11.9 Å². The Labute approximate surface area is 301 Å². The van der Waals surface area contributed by atoms with E-state index in [9.17, 15) is 0 Å². The summed E-state index contributed by atoms with van der Waals surface area (Å²) >= 11 is 0. The molecule has 0 unspecified atom stereocenters. The zero-order chi connectivity index (χ0) is 37.8. The lowest BCUT2D eigenvalue weighted by Gasteiger charge is -2.53. The number of likely N-dealkylation sites (tertiary alicyclic amines) is 2. The third-order valence-corrected chi connectivity index (χ3v) is 12.4. The van der Waals surface area contributed by atoms with Crippen LogP contribution < -0.4 is 0 Å². The highest BCUT2D eigenvalue weighted by molar-refractivity contribution is 6.00. The van der Waals surface area contributed by atoms with Crippen LogP contribution >= 0.6 is 0 Å². The first-order valence-electron chi connectivity index (χ1n) is 19.0. The first kappa shape index (κ1) is 41.5. The molecule has 280 valence electrons. The number of carbonyl (C=O) groups is 2. The molecule has 2 aliphatic rings. The second-order valence-electron chi connectivity index (χ2n) is 20.4. The molecule has 2 fully saturated rings. The number of unbranched alkanes of at least 4 members (excludes halogenated alkanes) is 1. The molecule has 0 spiro atoms. The first-order chi connectivity index (χ1) is 22.0. The van der Waals surface area contributed by atoms with Crippen LogP contribution in [0.15, 0.2) is 12.1 Å². The number of hydrogen-bond donors (Lipinski definition) is 0. The van der Waals surface area contributed by atoms with Crippen molar-refractivity contribution in [1.29, 1.82) is 0 Å². The van der Waals surface area contributed by atoms with Gasteiger partial charge in [0.05, 0.1) is 0 Å². The van der Waals surface area contributed by atoms with Crippen molar-refractivity contribution >= 4 is 11.9 Å². The molecule has 2 heterocycles. The molecule has 0 atom stereocenters. The van der Waals surface area contributed by atoms with Crippen LogP contribution in [0.2, 0.25) is 0 Å². The molecule has 0 bridgehead atoms. The van der Waals surface area contributed by atoms with Crippen LogP contribution in [0.4, 0.5) is 0 Å². The Kier molecular flexibility index (Phi) is 11.8. The molecule has 2 saturated heterocycles. The van der Waals surface area contributed by atoms with Crippen molar-refractivity contribution in [2.45, 2.75) is 207 Å². The summed E-state index contributed by atoms with van der Waals surface area (Å²) in [5.41, 5.74) is 2.46. The van der Waals surface area contributed by atoms with Gasteiger partial charge < -0.3 is 9.47 Å². The number of benzene rings is 1. The average Bonchev–Trinajstić information content (AvgIpc) is 2.91. The van der Waals surface area contributed by atoms with Crippen molar-refractivity contribution < 1.29 is 19.1 Å². The third kappa shape index (κ3) is 8.94. The highest BCUT2D eigenvalue weighted by Crippen LogP contribution is 2.44. The standard InChI is InChI=1S/C43H74N2O4/c1-19-20-21-43(35(46)48-31-25-39(9,10)44(17)40(11,12)26-31,36(47)49-32-27-41(13,14)45(18)42(15,16)28-32)24-30-22-33(37(3,4)5)29(2)34(23-30)38(6,7)8/h22-23,31-32H,19-21,24-28H2,1-18H3. The molecule has 3 rings (SSSR count). The average molecular weight is 683 g/mol. The highest BCUT2D eigenvalue weighted by Gasteiger charge is 2.53. The van der Waals surface area contributed by atoms with E-state index in [0.29, 0.717) is 32.1 Å². The minimum absolute atomic E-state index is 0.107. The van der Waals surface area contributed by atoms with Gasteiger partial charge in [0.2, 0.25) is 0 Å². The van der Waals surface area contributed by atoms with E-state index in [1.807, 2.05) is 0 Å². The van der Waals surface area contributed by atoms with E-state index in [2.05, 4.69) is 147 Å². The fourth-order valence-corrected chi connectivity index (χ4v) is 9.04. The van der Waals surface area contributed by atoms with Gasteiger partial charge in [-0.2, -0.15) is 0 Å². The summed E-state index contributed by atoms with van der Waals surface area (Å²) in [6.07, 6.45) is 4.49. The maximum Gasteiger partial charge on any atom is 0.324 e. The van der Waals surface area contributed by atoms with Crippen LogP contribution in [0.3, 0.4) is 0 Å². The molecule has 1 aromatic carbocycles. The summed E-state index contributed by atoms with van der Waals surface area (Å²) in [6.45, 7) is 35.5. The largest absolute Gasteiger partial charge is 0.461 e. The SMILES string of the molecule is CCCCC(Cc1cc(C(C)(C)C)c(C)c(C(C)(C)C)c1)(C(=O)OC1CC(C)(C)N(C)C(C)(C)C1)C(=O)OC1CC(C)(C)N(C)C(C)(C)C1. The van der Waals surface area contributed by atoms with Crippen molar-refractivity contribution in [3.8, 4) is 0 Å². The predicted molar refractivity (Wildman–Crippen MR) is 204 cm³/mol. The van der Waals surface area contributed by atoms with Gasteiger partial charge in [-0.25, -0.2) is 0 Å². The second-order valence-corrected chi connectivity index (χ2v) is 20.4. The van der Waals surface area contributed by atoms with Crippen LogP contribution in [0, 0.1) is 12.3 Å². The molecule has 0 N–H and O–H groups in total. The van der Waals surface area contributed by atoms with E-state index in [0.717, 1.165) is 18.4 Å². The summed E-state index contributed by atoms with van der Waals surface area (Å²) in [5.74, 6) is -0.845. The van der Waals surface area contributed by atoms with Gasteiger partial charge in [-0.3, -0.25) is 19.4 Å². The Morgan fingerprint density at radius 3 is 1.31 bits per heavy atom. The second kappa shape index (κ2) is 13.9. The van der Waals surface area contributed by atoms with E-state index in [1.165, 1.54) is 16.7 Å². The lowest BCUT2D eigenvalue weighted by molar-refractivity contribution is -0.188. The number of rotatable bonds is 9. The lowest BCUT2D eigenvalue weighted by atomic mass is 9.72. The van der Waals surface area contributed by atoms with E-state index in [-0.39, 0.29) is 51.6 Å². The molecular weight excluding hydrogens is 608 g/mol. The first-order valence-corrected chi connectivity index (χ1v) is 19.0. The fourth-order valence-electron chi connectivity index (χ4n) is 9.04. The van der Waals surface area contributed by atoms with Gasteiger partial charge in [-0.15, -0.1) is 0 Å². The van der Waals surface area contributed by atoms with Crippen molar-refractivity contribution in [3.63, 3.8) is 0 Å². The number of carbonyl (C=O) groups excluding carboxylic acids is 2. The summed E-state index contributed by atoms with van der Waals surface area (Å²) in [5, 5.41) is 0. The molecule has 6 heteroatoms. The molecule has 2 aliphatic heterocycles. The quantitative estimate of drug-likeness (QED) is 0.191. The van der Waals surface area contributed by atoms with Gasteiger partial charge in [-0.1, -0.05) is 73.4 Å². The molecule has 1 aromatic rings. The molecule has 0 aromatic heterocycles. The molecule has 0 amide bonds. The summed E-state index contributed by atoms with van der Waals surface area (Å²) in [4.78, 5) is 34.8. The van der Waals surface area contributed by atoms with Crippen LogP contribution in [0.25, 0.3) is 0 Å². The molecule has 0 radical (unpaired) electrons. The number of ether oxygens (including phenoxy) is 2. The monoisotopic (exact) mass is 683 g/mol. The van der Waals surface area contributed by atoms with Crippen LogP contribution in [-0.4, -0.2) is 70.2 Å². The number of esters is 2. The Bertz CT molecular complexity index is 1230. The van der Waals surface area contributed by atoms with Crippen LogP contribution in [0.5, 0.6) is 0 Å². The van der Waals surface area contributed by atoms with Crippen LogP contribution in [-0.2, 0) is 36.3 Å². The van der Waals surface area contributed by atoms with E-state index in [1.54, 1.807) is 0 Å². The number of nitrogens with zero attached hydrogens (tertiary/aromatic N) is 2. The Hall–Kier alpha value is -1.92. The van der Waals surface area contributed by atoms with E-state index in [4.69, 9.17) is 9.47 Å². The smallest absolute Gasteiger partial charge is 0.324 e. The number of piperidine rings is 2. The van der Waals surface area contributed by atoms with Gasteiger partial charge in [-0.05, 0) is 122 Å². The van der Waals surface area contributed by atoms with Gasteiger partial charge in [0, 0.05) is 47.8 Å². The molecule has 0 aliphatic carbocycles. The third-order valence-electron chi connectivity index (χ3n) is 12.4. The summed E-state index contributed by atoms with van der Waals surface area (Å²) < 4.78 is 13.2. The van der Waals surface area contributed by atoms with E-state index < -0.39 is 17.4 Å². The van der Waals surface area contributed by atoms with Crippen molar-refractivity contribution in [1.82, 2.24) is 9.80 Å². The minimum atomic E-state index is -1.45. The lowest BCUT2D eigenvalue weighted by Crippen LogP contribution is -2.61. The van der Waals surface area contributed by atoms with Crippen LogP contribution in [0.1, 0.15) is 171 Å². The maximum atomic E-state index is 15.0. The maximum absolute atomic E-state index is 15.0. The minimum Gasteiger partial charge on any atom is -0.461 e. The van der Waals surface area contributed by atoms with Gasteiger partial charge in [0.15, 0.2) is 5.41 Å².